The van der Waals surface area contributed by atoms with Crippen molar-refractivity contribution in [1.29, 1.82) is 0 Å². The van der Waals surface area contributed by atoms with Crippen LogP contribution in [-0.2, 0) is 0 Å². The molecule has 1 N–H and O–H groups in total. The van der Waals surface area contributed by atoms with Crippen molar-refractivity contribution >= 4 is 23.4 Å². The second kappa shape index (κ2) is 5.22. The van der Waals surface area contributed by atoms with Crippen LogP contribution in [0.4, 0.5) is 0 Å². The average molecular weight is 263 g/mol. The number of aromatic nitrogens is 3. The van der Waals surface area contributed by atoms with E-state index in [9.17, 15) is 0 Å². The zero-order valence-corrected chi connectivity index (χ0v) is 12.3. The summed E-state index contributed by atoms with van der Waals surface area (Å²) < 4.78 is 2.95. The second-order valence-corrected chi connectivity index (χ2v) is 5.39. The molecule has 0 aliphatic carbocycles. The van der Waals surface area contributed by atoms with Gasteiger partial charge < -0.3 is 4.98 Å². The van der Waals surface area contributed by atoms with Crippen LogP contribution in [0.3, 0.4) is 0 Å². The fraction of sp³-hybridized carbons (Fsp3) is 0.571. The van der Waals surface area contributed by atoms with Crippen molar-refractivity contribution in [1.82, 2.24) is 14.5 Å². The Morgan fingerprint density at radius 1 is 1.39 bits per heavy atom. The van der Waals surface area contributed by atoms with Crippen molar-refractivity contribution in [2.45, 2.75) is 46.6 Å². The number of nitrogens with zero attached hydrogens (tertiary/aromatic N) is 2. The first-order valence-electron chi connectivity index (χ1n) is 6.65. The SMILES string of the molecule is CCC(CC)C(C)n1c(=S)[nH]c2cc(C)cnc21. The molecule has 2 heterocycles. The molecule has 98 valence electrons. The zero-order chi connectivity index (χ0) is 13.3. The Hall–Kier alpha value is -1.16. The van der Waals surface area contributed by atoms with Gasteiger partial charge in [0, 0.05) is 12.2 Å². The molecule has 1 unspecified atom stereocenters. The number of aryl methyl sites for hydroxylation is 1. The van der Waals surface area contributed by atoms with E-state index < -0.39 is 0 Å². The van der Waals surface area contributed by atoms with Gasteiger partial charge >= 0.3 is 0 Å². The van der Waals surface area contributed by atoms with E-state index in [0.29, 0.717) is 12.0 Å². The van der Waals surface area contributed by atoms with Crippen LogP contribution in [0.25, 0.3) is 11.2 Å². The molecule has 2 aromatic heterocycles. The van der Waals surface area contributed by atoms with Gasteiger partial charge in [-0.2, -0.15) is 0 Å². The summed E-state index contributed by atoms with van der Waals surface area (Å²) in [5.41, 5.74) is 3.17. The molecule has 0 amide bonds. The number of imidazole rings is 1. The topological polar surface area (TPSA) is 33.6 Å². The number of aromatic amines is 1. The molecule has 0 bridgehead atoms. The largest absolute Gasteiger partial charge is 0.329 e. The Morgan fingerprint density at radius 2 is 2.06 bits per heavy atom. The molecule has 0 fully saturated rings. The third-order valence-corrected chi connectivity index (χ3v) is 4.13. The first kappa shape index (κ1) is 13.3. The summed E-state index contributed by atoms with van der Waals surface area (Å²) in [5.74, 6) is 0.638. The van der Waals surface area contributed by atoms with Crippen molar-refractivity contribution < 1.29 is 0 Å². The molecule has 0 saturated carbocycles. The molecular formula is C14H21N3S. The molecule has 0 aliphatic heterocycles. The van der Waals surface area contributed by atoms with E-state index in [4.69, 9.17) is 12.2 Å². The van der Waals surface area contributed by atoms with Gasteiger partial charge in [0.25, 0.3) is 0 Å². The first-order chi connectivity index (χ1) is 8.58. The molecule has 0 radical (unpaired) electrons. The van der Waals surface area contributed by atoms with Gasteiger partial charge in [-0.25, -0.2) is 4.98 Å². The van der Waals surface area contributed by atoms with Crippen molar-refractivity contribution in [3.05, 3.63) is 22.6 Å². The lowest BCUT2D eigenvalue weighted by Crippen LogP contribution is -2.16. The Balaban J connectivity index is 2.56. The van der Waals surface area contributed by atoms with Crippen molar-refractivity contribution in [3.8, 4) is 0 Å². The molecule has 2 rings (SSSR count). The van der Waals surface area contributed by atoms with Gasteiger partial charge in [0.05, 0.1) is 5.52 Å². The maximum atomic E-state index is 5.45. The van der Waals surface area contributed by atoms with Crippen molar-refractivity contribution in [2.24, 2.45) is 5.92 Å². The van der Waals surface area contributed by atoms with Crippen LogP contribution < -0.4 is 0 Å². The van der Waals surface area contributed by atoms with Crippen molar-refractivity contribution in [3.63, 3.8) is 0 Å². The standard InChI is InChI=1S/C14H21N3S/c1-5-11(6-2)10(4)17-13-12(16-14(17)18)7-9(3)8-15-13/h7-8,10-11H,5-6H2,1-4H3,(H,16,18). The van der Waals surface area contributed by atoms with Crippen LogP contribution in [0, 0.1) is 17.6 Å². The van der Waals surface area contributed by atoms with E-state index in [1.807, 2.05) is 13.1 Å². The first-order valence-corrected chi connectivity index (χ1v) is 7.06. The molecular weight excluding hydrogens is 242 g/mol. The molecule has 0 aliphatic rings. The predicted molar refractivity (Wildman–Crippen MR) is 78.4 cm³/mol. The minimum atomic E-state index is 0.386. The smallest absolute Gasteiger partial charge is 0.179 e. The summed E-state index contributed by atoms with van der Waals surface area (Å²) in [7, 11) is 0. The minimum Gasteiger partial charge on any atom is -0.329 e. The molecule has 0 aromatic carbocycles. The fourth-order valence-corrected chi connectivity index (χ4v) is 3.04. The molecule has 4 heteroatoms. The summed E-state index contributed by atoms with van der Waals surface area (Å²) in [5, 5.41) is 0. The molecule has 3 nitrogen and oxygen atoms in total. The lowest BCUT2D eigenvalue weighted by atomic mass is 9.95. The van der Waals surface area contributed by atoms with E-state index in [2.05, 4.69) is 41.4 Å². The molecule has 1 atom stereocenters. The summed E-state index contributed by atoms with van der Waals surface area (Å²) in [6, 6.07) is 2.49. The third-order valence-electron chi connectivity index (χ3n) is 3.83. The van der Waals surface area contributed by atoms with Crippen molar-refractivity contribution in [2.75, 3.05) is 0 Å². The number of hydrogen-bond acceptors (Lipinski definition) is 2. The van der Waals surface area contributed by atoms with Gasteiger partial charge in [0.2, 0.25) is 0 Å². The van der Waals surface area contributed by atoms with Gasteiger partial charge in [-0.1, -0.05) is 26.7 Å². The zero-order valence-electron chi connectivity index (χ0n) is 11.5. The van der Waals surface area contributed by atoms with Gasteiger partial charge in [0.1, 0.15) is 0 Å². The van der Waals surface area contributed by atoms with Crippen LogP contribution in [0.1, 0.15) is 45.2 Å². The third kappa shape index (κ3) is 2.21. The number of fused-ring (bicyclic) bond motifs is 1. The summed E-state index contributed by atoms with van der Waals surface area (Å²) in [4.78, 5) is 7.81. The number of nitrogens with one attached hydrogen (secondary N) is 1. The quantitative estimate of drug-likeness (QED) is 0.829. The van der Waals surface area contributed by atoms with E-state index in [1.165, 1.54) is 0 Å². The second-order valence-electron chi connectivity index (χ2n) is 5.00. The normalized spacial score (nSPS) is 13.4. The number of hydrogen-bond donors (Lipinski definition) is 1. The van der Waals surface area contributed by atoms with Crippen LogP contribution in [0.5, 0.6) is 0 Å². The average Bonchev–Trinajstić information content (AvgIpc) is 2.65. The maximum Gasteiger partial charge on any atom is 0.179 e. The van der Waals surface area contributed by atoms with E-state index in [-0.39, 0.29) is 0 Å². The van der Waals surface area contributed by atoms with Gasteiger partial charge in [0.15, 0.2) is 10.4 Å². The summed E-state index contributed by atoms with van der Waals surface area (Å²) >= 11 is 5.45. The Morgan fingerprint density at radius 3 is 2.67 bits per heavy atom. The van der Waals surface area contributed by atoms with Crippen LogP contribution in [-0.4, -0.2) is 14.5 Å². The van der Waals surface area contributed by atoms with E-state index >= 15 is 0 Å². The molecule has 2 aromatic rings. The summed E-state index contributed by atoms with van der Waals surface area (Å²) in [6.07, 6.45) is 4.23. The highest BCUT2D eigenvalue weighted by atomic mass is 32.1. The number of H-pyrrole nitrogens is 1. The number of pyridine rings is 1. The lowest BCUT2D eigenvalue weighted by molar-refractivity contribution is 0.336. The van der Waals surface area contributed by atoms with Gasteiger partial charge in [-0.05, 0) is 43.6 Å². The highest BCUT2D eigenvalue weighted by molar-refractivity contribution is 7.71. The van der Waals surface area contributed by atoms with Crippen LogP contribution in [0.15, 0.2) is 12.3 Å². The highest BCUT2D eigenvalue weighted by Crippen LogP contribution is 2.27. The summed E-state index contributed by atoms with van der Waals surface area (Å²) in [6.45, 7) is 8.76. The monoisotopic (exact) mass is 263 g/mol. The molecule has 0 saturated heterocycles. The Labute approximate surface area is 113 Å². The van der Waals surface area contributed by atoms with Gasteiger partial charge in [-0.3, -0.25) is 4.57 Å². The Kier molecular flexibility index (Phi) is 3.85. The maximum absolute atomic E-state index is 5.45. The molecule has 18 heavy (non-hydrogen) atoms. The molecule has 0 spiro atoms. The fourth-order valence-electron chi connectivity index (χ4n) is 2.68. The van der Waals surface area contributed by atoms with Crippen LogP contribution >= 0.6 is 12.2 Å². The van der Waals surface area contributed by atoms with E-state index in [1.54, 1.807) is 0 Å². The highest BCUT2D eigenvalue weighted by Gasteiger charge is 2.19. The van der Waals surface area contributed by atoms with E-state index in [0.717, 1.165) is 34.3 Å². The Bertz CT molecular complexity index is 593. The van der Waals surface area contributed by atoms with Gasteiger partial charge in [-0.15, -0.1) is 0 Å². The predicted octanol–water partition coefficient (Wildman–Crippen LogP) is 4.40. The van der Waals surface area contributed by atoms with Crippen LogP contribution in [0.2, 0.25) is 0 Å². The number of rotatable bonds is 4. The minimum absolute atomic E-state index is 0.386. The lowest BCUT2D eigenvalue weighted by Gasteiger charge is -2.22.